The molecule has 1 fully saturated rings. The molecule has 2 heterocycles. The van der Waals surface area contributed by atoms with Crippen molar-refractivity contribution in [1.82, 2.24) is 19.7 Å². The minimum absolute atomic E-state index is 0.0569. The van der Waals surface area contributed by atoms with Crippen LogP contribution in [0.1, 0.15) is 45.0 Å². The lowest BCUT2D eigenvalue weighted by Crippen LogP contribution is -2.33. The monoisotopic (exact) mass is 485 g/mol. The number of piperidine rings is 1. The van der Waals surface area contributed by atoms with Crippen LogP contribution in [0.5, 0.6) is 0 Å². The van der Waals surface area contributed by atoms with Crippen molar-refractivity contribution in [3.8, 4) is 5.69 Å². The summed E-state index contributed by atoms with van der Waals surface area (Å²) in [5.41, 5.74) is 1.81. The third-order valence-corrected chi connectivity index (χ3v) is 7.70. The van der Waals surface area contributed by atoms with Crippen LogP contribution < -0.4 is 5.32 Å². The minimum atomic E-state index is -0.341. The van der Waals surface area contributed by atoms with Gasteiger partial charge in [-0.1, -0.05) is 66.7 Å². The van der Waals surface area contributed by atoms with E-state index in [0.717, 1.165) is 46.2 Å². The highest BCUT2D eigenvalue weighted by Gasteiger charge is 2.27. The van der Waals surface area contributed by atoms with Gasteiger partial charge in [0.15, 0.2) is 11.0 Å². The van der Waals surface area contributed by atoms with Gasteiger partial charge in [0.05, 0.1) is 11.3 Å². The number of amides is 1. The molecule has 2 atom stereocenters. The lowest BCUT2D eigenvalue weighted by Gasteiger charge is -2.32. The van der Waals surface area contributed by atoms with Crippen molar-refractivity contribution >= 4 is 34.1 Å². The van der Waals surface area contributed by atoms with Gasteiger partial charge in [-0.2, -0.15) is 0 Å². The maximum atomic E-state index is 13.1. The number of hydrogen-bond acceptors (Lipinski definition) is 5. The first kappa shape index (κ1) is 23.6. The molecule has 0 spiro atoms. The van der Waals surface area contributed by atoms with Crippen LogP contribution in [0.2, 0.25) is 0 Å². The van der Waals surface area contributed by atoms with Crippen molar-refractivity contribution < 1.29 is 4.79 Å². The normalized spacial score (nSPS) is 16.2. The lowest BCUT2D eigenvalue weighted by atomic mass is 10.1. The Morgan fingerprint density at radius 1 is 0.886 bits per heavy atom. The van der Waals surface area contributed by atoms with Gasteiger partial charge in [-0.05, 0) is 74.8 Å². The zero-order valence-corrected chi connectivity index (χ0v) is 21.0. The van der Waals surface area contributed by atoms with Crippen LogP contribution in [0.4, 0.5) is 5.69 Å². The molecule has 35 heavy (non-hydrogen) atoms. The highest BCUT2D eigenvalue weighted by Crippen LogP contribution is 2.31. The average Bonchev–Trinajstić information content (AvgIpc) is 3.32. The van der Waals surface area contributed by atoms with E-state index in [-0.39, 0.29) is 17.2 Å². The second kappa shape index (κ2) is 10.6. The molecule has 2 unspecified atom stereocenters. The molecule has 3 aromatic carbocycles. The van der Waals surface area contributed by atoms with E-state index in [0.29, 0.717) is 0 Å². The van der Waals surface area contributed by atoms with Gasteiger partial charge in [-0.15, -0.1) is 10.2 Å². The molecule has 4 aromatic rings. The van der Waals surface area contributed by atoms with Gasteiger partial charge in [0, 0.05) is 11.4 Å². The second-order valence-corrected chi connectivity index (χ2v) is 10.4. The van der Waals surface area contributed by atoms with E-state index in [1.165, 1.54) is 31.0 Å². The number of aromatic nitrogens is 3. The van der Waals surface area contributed by atoms with Gasteiger partial charge >= 0.3 is 0 Å². The molecule has 0 aliphatic carbocycles. The largest absolute Gasteiger partial charge is 0.325 e. The Hall–Kier alpha value is -3.16. The van der Waals surface area contributed by atoms with Gasteiger partial charge in [0.25, 0.3) is 0 Å². The number of anilines is 1. The predicted molar refractivity (Wildman–Crippen MR) is 143 cm³/mol. The van der Waals surface area contributed by atoms with E-state index in [9.17, 15) is 4.79 Å². The molecule has 1 N–H and O–H groups in total. The van der Waals surface area contributed by atoms with Crippen molar-refractivity contribution in [1.29, 1.82) is 0 Å². The van der Waals surface area contributed by atoms with E-state index < -0.39 is 0 Å². The first-order valence-electron chi connectivity index (χ1n) is 12.3. The summed E-state index contributed by atoms with van der Waals surface area (Å²) in [6.45, 7) is 6.28. The van der Waals surface area contributed by atoms with Crippen molar-refractivity contribution in [2.75, 3.05) is 18.4 Å². The molecular formula is C28H31N5OS. The number of nitrogens with zero attached hydrogens (tertiary/aromatic N) is 4. The summed E-state index contributed by atoms with van der Waals surface area (Å²) in [6.07, 6.45) is 3.73. The number of carbonyl (C=O) groups is 1. The Morgan fingerprint density at radius 2 is 1.60 bits per heavy atom. The molecule has 0 bridgehead atoms. The fraction of sp³-hybridized carbons (Fsp3) is 0.321. The maximum Gasteiger partial charge on any atom is 0.237 e. The van der Waals surface area contributed by atoms with Gasteiger partial charge < -0.3 is 5.32 Å². The van der Waals surface area contributed by atoms with E-state index in [2.05, 4.69) is 56.2 Å². The van der Waals surface area contributed by atoms with Crippen LogP contribution in [0.25, 0.3) is 16.5 Å². The Morgan fingerprint density at radius 3 is 2.37 bits per heavy atom. The molecule has 5 rings (SSSR count). The summed E-state index contributed by atoms with van der Waals surface area (Å²) in [7, 11) is 0. The highest BCUT2D eigenvalue weighted by molar-refractivity contribution is 8.00. The lowest BCUT2D eigenvalue weighted by molar-refractivity contribution is -0.115. The smallest absolute Gasteiger partial charge is 0.237 e. The Bertz CT molecular complexity index is 1300. The number of carbonyl (C=O) groups excluding carboxylic acids is 1. The van der Waals surface area contributed by atoms with Crippen molar-refractivity contribution in [3.63, 3.8) is 0 Å². The number of nitrogens with one attached hydrogen (secondary N) is 1. The summed E-state index contributed by atoms with van der Waals surface area (Å²) in [4.78, 5) is 15.6. The van der Waals surface area contributed by atoms with E-state index in [1.807, 2.05) is 55.5 Å². The SMILES string of the molecule is CC(Sc1nnc(C(C)N2CCCCC2)n1-c1ccccc1)C(=O)Nc1ccc2ccccc2c1. The Kier molecular flexibility index (Phi) is 7.16. The first-order valence-corrected chi connectivity index (χ1v) is 13.2. The molecule has 7 heteroatoms. The molecule has 1 aliphatic heterocycles. The summed E-state index contributed by atoms with van der Waals surface area (Å²) >= 11 is 1.44. The summed E-state index contributed by atoms with van der Waals surface area (Å²) < 4.78 is 2.11. The van der Waals surface area contributed by atoms with Crippen molar-refractivity contribution in [2.45, 2.75) is 49.6 Å². The molecule has 180 valence electrons. The van der Waals surface area contributed by atoms with Gasteiger partial charge in [0.1, 0.15) is 0 Å². The molecule has 1 saturated heterocycles. The average molecular weight is 486 g/mol. The number of benzene rings is 3. The molecular weight excluding hydrogens is 454 g/mol. The molecule has 1 aliphatic rings. The van der Waals surface area contributed by atoms with Gasteiger partial charge in [0.2, 0.25) is 5.91 Å². The van der Waals surface area contributed by atoms with Gasteiger partial charge in [-0.3, -0.25) is 14.3 Å². The van der Waals surface area contributed by atoms with Crippen LogP contribution in [0.3, 0.4) is 0 Å². The molecule has 0 radical (unpaired) electrons. The van der Waals surface area contributed by atoms with Crippen LogP contribution in [-0.2, 0) is 4.79 Å². The zero-order valence-electron chi connectivity index (χ0n) is 20.2. The quantitative estimate of drug-likeness (QED) is 0.321. The minimum Gasteiger partial charge on any atom is -0.325 e. The van der Waals surface area contributed by atoms with E-state index >= 15 is 0 Å². The van der Waals surface area contributed by atoms with Gasteiger partial charge in [-0.25, -0.2) is 0 Å². The molecule has 1 aromatic heterocycles. The third kappa shape index (κ3) is 5.26. The number of para-hydroxylation sites is 1. The Labute approximate surface area is 210 Å². The van der Waals surface area contributed by atoms with E-state index in [4.69, 9.17) is 0 Å². The standard InChI is InChI=1S/C28H31N5OS/c1-20(32-17-9-4-10-18-32)26-30-31-28(33(26)25-13-5-3-6-14-25)35-21(2)27(34)29-24-16-15-22-11-7-8-12-23(22)19-24/h3,5-8,11-16,19-21H,4,9-10,17-18H2,1-2H3,(H,29,34). The number of likely N-dealkylation sites (tertiary alicyclic amines) is 1. The van der Waals surface area contributed by atoms with E-state index in [1.54, 1.807) is 0 Å². The van der Waals surface area contributed by atoms with Crippen molar-refractivity contribution in [3.05, 3.63) is 78.6 Å². The Balaban J connectivity index is 1.37. The van der Waals surface area contributed by atoms with Crippen LogP contribution in [0, 0.1) is 0 Å². The fourth-order valence-corrected chi connectivity index (χ4v) is 5.51. The van der Waals surface area contributed by atoms with Crippen molar-refractivity contribution in [2.24, 2.45) is 0 Å². The predicted octanol–water partition coefficient (Wildman–Crippen LogP) is 6.09. The summed E-state index contributed by atoms with van der Waals surface area (Å²) in [5.74, 6) is 0.862. The molecule has 1 amide bonds. The topological polar surface area (TPSA) is 63.1 Å². The summed E-state index contributed by atoms with van der Waals surface area (Å²) in [5, 5.41) is 14.9. The third-order valence-electron chi connectivity index (χ3n) is 6.65. The highest BCUT2D eigenvalue weighted by atomic mass is 32.2. The zero-order chi connectivity index (χ0) is 24.2. The number of thioether (sulfide) groups is 1. The summed E-state index contributed by atoms with van der Waals surface area (Å²) in [6, 6.07) is 24.5. The second-order valence-electron chi connectivity index (χ2n) is 9.10. The molecule has 6 nitrogen and oxygen atoms in total. The van der Waals surface area contributed by atoms with Crippen LogP contribution in [-0.4, -0.2) is 43.9 Å². The maximum absolute atomic E-state index is 13.1. The number of fused-ring (bicyclic) bond motifs is 1. The van der Waals surface area contributed by atoms with Crippen LogP contribution in [0.15, 0.2) is 78.0 Å². The fourth-order valence-electron chi connectivity index (χ4n) is 4.64. The molecule has 0 saturated carbocycles. The number of rotatable bonds is 7. The van der Waals surface area contributed by atoms with Crippen LogP contribution >= 0.6 is 11.8 Å². The number of hydrogen-bond donors (Lipinski definition) is 1. The first-order chi connectivity index (χ1) is 17.1.